The average molecular weight is 218 g/mol. The Kier molecular flexibility index (Phi) is 3.35. The van der Waals surface area contributed by atoms with Crippen LogP contribution >= 0.6 is 12.4 Å². The summed E-state index contributed by atoms with van der Waals surface area (Å²) in [4.78, 5) is 0. The van der Waals surface area contributed by atoms with Gasteiger partial charge in [-0.15, -0.1) is 12.4 Å². The zero-order valence-electron chi connectivity index (χ0n) is 8.58. The molecule has 2 saturated heterocycles. The summed E-state index contributed by atoms with van der Waals surface area (Å²) in [5.74, 6) is 0.924. The smallest absolute Gasteiger partial charge is 0.0604 e. The van der Waals surface area contributed by atoms with Crippen LogP contribution in [0.3, 0.4) is 0 Å². The zero-order chi connectivity index (χ0) is 8.67. The highest BCUT2D eigenvalue weighted by Gasteiger charge is 2.34. The Morgan fingerprint density at radius 2 is 1.64 bits per heavy atom. The number of hydrogen-bond acceptors (Lipinski definition) is 2. The highest BCUT2D eigenvalue weighted by atomic mass is 35.5. The number of rotatable bonds is 3. The minimum atomic E-state index is 0. The highest BCUT2D eigenvalue weighted by Crippen LogP contribution is 2.32. The van der Waals surface area contributed by atoms with Gasteiger partial charge in [0.05, 0.1) is 6.10 Å². The lowest BCUT2D eigenvalue weighted by Crippen LogP contribution is -2.41. The van der Waals surface area contributed by atoms with E-state index >= 15 is 0 Å². The predicted molar refractivity (Wildman–Crippen MR) is 58.9 cm³/mol. The fraction of sp³-hybridized carbons (Fsp3) is 1.00. The van der Waals surface area contributed by atoms with Gasteiger partial charge in [0.2, 0.25) is 0 Å². The molecule has 2 nitrogen and oxygen atoms in total. The van der Waals surface area contributed by atoms with Gasteiger partial charge in [-0.3, -0.25) is 0 Å². The number of ether oxygens (including phenoxy) is 1. The molecular formula is C11H20ClNO. The second kappa shape index (κ2) is 4.38. The van der Waals surface area contributed by atoms with Crippen molar-refractivity contribution in [2.75, 3.05) is 6.61 Å². The molecule has 2 heterocycles. The molecule has 2 atom stereocenters. The summed E-state index contributed by atoms with van der Waals surface area (Å²) in [5.41, 5.74) is 0. The first-order chi connectivity index (χ1) is 6.40. The molecule has 0 aromatic heterocycles. The highest BCUT2D eigenvalue weighted by molar-refractivity contribution is 5.85. The fourth-order valence-corrected chi connectivity index (χ4v) is 2.70. The van der Waals surface area contributed by atoms with E-state index in [1.165, 1.54) is 38.5 Å². The first-order valence-corrected chi connectivity index (χ1v) is 5.78. The zero-order valence-corrected chi connectivity index (χ0v) is 9.39. The molecule has 82 valence electrons. The van der Waals surface area contributed by atoms with Gasteiger partial charge in [-0.05, 0) is 44.4 Å². The van der Waals surface area contributed by atoms with Crippen molar-refractivity contribution in [1.82, 2.24) is 5.32 Å². The molecular weight excluding hydrogens is 198 g/mol. The van der Waals surface area contributed by atoms with Gasteiger partial charge in [0, 0.05) is 18.7 Å². The Morgan fingerprint density at radius 1 is 1.00 bits per heavy atom. The first kappa shape index (κ1) is 10.7. The van der Waals surface area contributed by atoms with Gasteiger partial charge in [-0.1, -0.05) is 0 Å². The molecule has 3 fully saturated rings. The quantitative estimate of drug-likeness (QED) is 0.782. The Bertz CT molecular complexity index is 184. The minimum Gasteiger partial charge on any atom is -0.378 e. The average Bonchev–Trinajstić information content (AvgIpc) is 2.90. The Hall–Kier alpha value is 0.210. The van der Waals surface area contributed by atoms with Crippen molar-refractivity contribution in [2.24, 2.45) is 5.92 Å². The van der Waals surface area contributed by atoms with Crippen LogP contribution < -0.4 is 5.32 Å². The van der Waals surface area contributed by atoms with Gasteiger partial charge in [-0.2, -0.15) is 0 Å². The predicted octanol–water partition coefficient (Wildman–Crippen LogP) is 2.12. The van der Waals surface area contributed by atoms with Crippen molar-refractivity contribution in [2.45, 2.75) is 56.7 Å². The van der Waals surface area contributed by atoms with Gasteiger partial charge in [0.15, 0.2) is 0 Å². The second-order valence-corrected chi connectivity index (χ2v) is 5.01. The summed E-state index contributed by atoms with van der Waals surface area (Å²) in [6, 6.07) is 1.56. The van der Waals surface area contributed by atoms with E-state index in [0.717, 1.165) is 24.6 Å². The third-order valence-corrected chi connectivity index (χ3v) is 3.69. The molecule has 0 spiro atoms. The molecule has 3 rings (SSSR count). The van der Waals surface area contributed by atoms with Crippen LogP contribution in [0.4, 0.5) is 0 Å². The molecule has 3 heteroatoms. The van der Waals surface area contributed by atoms with Crippen LogP contribution in [0.2, 0.25) is 0 Å². The molecule has 2 bridgehead atoms. The van der Waals surface area contributed by atoms with Gasteiger partial charge in [0.25, 0.3) is 0 Å². The summed E-state index contributed by atoms with van der Waals surface area (Å²) < 4.78 is 5.95. The van der Waals surface area contributed by atoms with E-state index in [0.29, 0.717) is 6.10 Å². The number of nitrogens with one attached hydrogen (secondary N) is 1. The standard InChI is InChI=1S/C11H19NO.ClH/c1-2-8(1)7-13-11-5-9-3-4-10(6-11)12-9;/h8-12H,1-7H2;1H. The second-order valence-electron chi connectivity index (χ2n) is 5.01. The summed E-state index contributed by atoms with van der Waals surface area (Å²) >= 11 is 0. The Morgan fingerprint density at radius 3 is 2.21 bits per heavy atom. The lowest BCUT2D eigenvalue weighted by Gasteiger charge is -2.29. The van der Waals surface area contributed by atoms with Crippen molar-refractivity contribution < 1.29 is 4.74 Å². The largest absolute Gasteiger partial charge is 0.378 e. The van der Waals surface area contributed by atoms with Gasteiger partial charge in [0.1, 0.15) is 0 Å². The first-order valence-electron chi connectivity index (χ1n) is 5.78. The molecule has 2 unspecified atom stereocenters. The number of piperidine rings is 1. The molecule has 14 heavy (non-hydrogen) atoms. The van der Waals surface area contributed by atoms with Gasteiger partial charge < -0.3 is 10.1 Å². The van der Waals surface area contributed by atoms with Crippen molar-refractivity contribution in [1.29, 1.82) is 0 Å². The van der Waals surface area contributed by atoms with Crippen LogP contribution in [-0.2, 0) is 4.74 Å². The van der Waals surface area contributed by atoms with Gasteiger partial charge >= 0.3 is 0 Å². The van der Waals surface area contributed by atoms with Crippen LogP contribution in [0, 0.1) is 5.92 Å². The summed E-state index contributed by atoms with van der Waals surface area (Å²) in [6.07, 6.45) is 8.71. The summed E-state index contributed by atoms with van der Waals surface area (Å²) in [7, 11) is 0. The third kappa shape index (κ3) is 2.41. The van der Waals surface area contributed by atoms with Crippen LogP contribution in [-0.4, -0.2) is 24.8 Å². The van der Waals surface area contributed by atoms with E-state index in [4.69, 9.17) is 4.74 Å². The van der Waals surface area contributed by atoms with E-state index in [-0.39, 0.29) is 12.4 Å². The molecule has 0 amide bonds. The van der Waals surface area contributed by atoms with Crippen LogP contribution in [0.25, 0.3) is 0 Å². The van der Waals surface area contributed by atoms with Crippen molar-refractivity contribution in [3.8, 4) is 0 Å². The minimum absolute atomic E-state index is 0. The molecule has 0 radical (unpaired) electrons. The Balaban J connectivity index is 0.000000750. The van der Waals surface area contributed by atoms with Crippen LogP contribution in [0.5, 0.6) is 0 Å². The lowest BCUT2D eigenvalue weighted by molar-refractivity contribution is 0.0145. The lowest BCUT2D eigenvalue weighted by atomic mass is 10.0. The molecule has 3 aliphatic rings. The van der Waals surface area contributed by atoms with Crippen molar-refractivity contribution in [3.63, 3.8) is 0 Å². The molecule has 0 aromatic carbocycles. The van der Waals surface area contributed by atoms with E-state index in [1.807, 2.05) is 0 Å². The fourth-order valence-electron chi connectivity index (χ4n) is 2.70. The SMILES string of the molecule is C1CC1COC1CC2CCC(C1)N2.Cl. The number of fused-ring (bicyclic) bond motifs is 2. The van der Waals surface area contributed by atoms with E-state index in [1.54, 1.807) is 0 Å². The maximum atomic E-state index is 5.95. The molecule has 1 saturated carbocycles. The normalized spacial score (nSPS) is 40.7. The van der Waals surface area contributed by atoms with E-state index in [9.17, 15) is 0 Å². The van der Waals surface area contributed by atoms with Crippen LogP contribution in [0.15, 0.2) is 0 Å². The Labute approximate surface area is 92.2 Å². The third-order valence-electron chi connectivity index (χ3n) is 3.69. The summed E-state index contributed by atoms with van der Waals surface area (Å²) in [5, 5.41) is 3.64. The van der Waals surface area contributed by atoms with Crippen molar-refractivity contribution >= 4 is 12.4 Å². The molecule has 1 aliphatic carbocycles. The van der Waals surface area contributed by atoms with E-state index in [2.05, 4.69) is 5.32 Å². The van der Waals surface area contributed by atoms with Gasteiger partial charge in [-0.25, -0.2) is 0 Å². The van der Waals surface area contributed by atoms with E-state index < -0.39 is 0 Å². The monoisotopic (exact) mass is 217 g/mol. The number of hydrogen-bond donors (Lipinski definition) is 1. The maximum absolute atomic E-state index is 5.95. The topological polar surface area (TPSA) is 21.3 Å². The van der Waals surface area contributed by atoms with Crippen LogP contribution in [0.1, 0.15) is 38.5 Å². The molecule has 1 N–H and O–H groups in total. The molecule has 2 aliphatic heterocycles. The maximum Gasteiger partial charge on any atom is 0.0604 e. The summed E-state index contributed by atoms with van der Waals surface area (Å²) in [6.45, 7) is 1.05. The number of halogens is 1. The molecule has 0 aromatic rings. The van der Waals surface area contributed by atoms with Crippen molar-refractivity contribution in [3.05, 3.63) is 0 Å².